The van der Waals surface area contributed by atoms with Crippen molar-refractivity contribution in [3.63, 3.8) is 0 Å². The van der Waals surface area contributed by atoms with Crippen LogP contribution in [0, 0.1) is 12.3 Å². The molecule has 0 bridgehead atoms. The predicted octanol–water partition coefficient (Wildman–Crippen LogP) is -1.68. The zero-order chi connectivity index (χ0) is 11.4. The Hall–Kier alpha value is -2.49. The van der Waals surface area contributed by atoms with Gasteiger partial charge in [0.15, 0.2) is 0 Å². The highest BCUT2D eigenvalue weighted by Gasteiger charge is 2.10. The van der Waals surface area contributed by atoms with Gasteiger partial charge in [0.2, 0.25) is 6.41 Å². The molecule has 0 atom stereocenters. The third-order valence-electron chi connectivity index (χ3n) is 1.67. The molecule has 0 spiro atoms. The Kier molecular flexibility index (Phi) is 2.93. The van der Waals surface area contributed by atoms with Gasteiger partial charge in [-0.2, -0.15) is 0 Å². The van der Waals surface area contributed by atoms with E-state index in [0.717, 1.165) is 4.57 Å². The Labute approximate surface area is 83.9 Å². The van der Waals surface area contributed by atoms with Crippen LogP contribution in [0.1, 0.15) is 0 Å². The maximum atomic E-state index is 11.5. The number of anilines is 2. The SMILES string of the molecule is C#CCn1c(=O)[nH]c(N)c(NC=O)c1=O. The number of aromatic nitrogens is 2. The summed E-state index contributed by atoms with van der Waals surface area (Å²) in [7, 11) is 0. The highest BCUT2D eigenvalue weighted by atomic mass is 16.2. The Morgan fingerprint density at radius 2 is 2.27 bits per heavy atom. The molecule has 0 fully saturated rings. The second-order valence-corrected chi connectivity index (χ2v) is 2.58. The molecule has 0 aromatic carbocycles. The number of amides is 1. The van der Waals surface area contributed by atoms with Crippen LogP contribution < -0.4 is 22.3 Å². The van der Waals surface area contributed by atoms with Crippen molar-refractivity contribution >= 4 is 17.9 Å². The lowest BCUT2D eigenvalue weighted by molar-refractivity contribution is -0.105. The third-order valence-corrected chi connectivity index (χ3v) is 1.67. The number of nitrogens with one attached hydrogen (secondary N) is 2. The van der Waals surface area contributed by atoms with E-state index in [1.165, 1.54) is 0 Å². The molecule has 7 nitrogen and oxygen atoms in total. The van der Waals surface area contributed by atoms with Gasteiger partial charge < -0.3 is 11.1 Å². The van der Waals surface area contributed by atoms with E-state index in [2.05, 4.69) is 16.2 Å². The fourth-order valence-electron chi connectivity index (χ4n) is 1.02. The van der Waals surface area contributed by atoms with Crippen molar-refractivity contribution in [3.05, 3.63) is 20.8 Å². The maximum Gasteiger partial charge on any atom is 0.330 e. The second kappa shape index (κ2) is 4.15. The van der Waals surface area contributed by atoms with Gasteiger partial charge in [0.1, 0.15) is 11.5 Å². The molecule has 7 heteroatoms. The fourth-order valence-corrected chi connectivity index (χ4v) is 1.02. The number of carbonyl (C=O) groups excluding carboxylic acids is 1. The third kappa shape index (κ3) is 1.88. The highest BCUT2D eigenvalue weighted by molar-refractivity contribution is 5.76. The number of hydrogen-bond acceptors (Lipinski definition) is 4. The van der Waals surface area contributed by atoms with Gasteiger partial charge in [-0.1, -0.05) is 5.92 Å². The molecular weight excluding hydrogens is 200 g/mol. The minimum absolute atomic E-state index is 0.192. The van der Waals surface area contributed by atoms with Crippen LogP contribution in [-0.4, -0.2) is 16.0 Å². The number of nitrogen functional groups attached to an aromatic ring is 1. The first kappa shape index (κ1) is 10.6. The maximum absolute atomic E-state index is 11.5. The summed E-state index contributed by atoms with van der Waals surface area (Å²) in [6, 6.07) is 0. The smallest absolute Gasteiger partial charge is 0.330 e. The average Bonchev–Trinajstić information content (AvgIpc) is 2.19. The summed E-state index contributed by atoms with van der Waals surface area (Å²) in [5, 5.41) is 2.09. The van der Waals surface area contributed by atoms with Crippen molar-refractivity contribution in [2.75, 3.05) is 11.1 Å². The number of terminal acetylenes is 1. The van der Waals surface area contributed by atoms with Crippen molar-refractivity contribution in [1.29, 1.82) is 0 Å². The predicted molar refractivity (Wildman–Crippen MR) is 54.3 cm³/mol. The van der Waals surface area contributed by atoms with Gasteiger partial charge in [-0.25, -0.2) is 9.36 Å². The molecule has 15 heavy (non-hydrogen) atoms. The Morgan fingerprint density at radius 1 is 1.60 bits per heavy atom. The number of carbonyl (C=O) groups is 1. The van der Waals surface area contributed by atoms with Gasteiger partial charge in [-0.3, -0.25) is 14.6 Å². The molecule has 1 amide bonds. The van der Waals surface area contributed by atoms with E-state index in [-0.39, 0.29) is 24.5 Å². The van der Waals surface area contributed by atoms with Crippen LogP contribution >= 0.6 is 0 Å². The van der Waals surface area contributed by atoms with Gasteiger partial charge in [0.25, 0.3) is 5.56 Å². The van der Waals surface area contributed by atoms with Crippen LogP contribution in [-0.2, 0) is 11.3 Å². The first-order valence-electron chi connectivity index (χ1n) is 3.88. The molecular formula is C8H8N4O3. The van der Waals surface area contributed by atoms with Crippen molar-refractivity contribution < 1.29 is 4.79 Å². The molecule has 0 radical (unpaired) electrons. The molecule has 1 rings (SSSR count). The minimum atomic E-state index is -0.735. The number of nitrogens with zero attached hydrogens (tertiary/aromatic N) is 1. The molecule has 0 saturated carbocycles. The van der Waals surface area contributed by atoms with E-state index in [1.807, 2.05) is 0 Å². The van der Waals surface area contributed by atoms with Crippen molar-refractivity contribution in [2.45, 2.75) is 6.54 Å². The van der Waals surface area contributed by atoms with Crippen molar-refractivity contribution in [1.82, 2.24) is 9.55 Å². The summed E-state index contributed by atoms with van der Waals surface area (Å²) in [6.07, 6.45) is 5.26. The molecule has 1 heterocycles. The summed E-state index contributed by atoms with van der Waals surface area (Å²) in [5.41, 5.74) is 3.69. The standard InChI is InChI=1S/C8H8N4O3/c1-2-3-12-7(14)5(10-4-13)6(9)11-8(12)15/h1,4H,3,9H2,(H,10,13)(H,11,15). The quantitative estimate of drug-likeness (QED) is 0.407. The molecule has 0 saturated heterocycles. The molecule has 0 aliphatic rings. The van der Waals surface area contributed by atoms with Crippen LogP contribution in [0.4, 0.5) is 11.5 Å². The Bertz CT molecular complexity index is 534. The molecule has 1 aromatic heterocycles. The van der Waals surface area contributed by atoms with Crippen molar-refractivity contribution in [2.24, 2.45) is 0 Å². The van der Waals surface area contributed by atoms with Crippen LogP contribution in [0.3, 0.4) is 0 Å². The van der Waals surface area contributed by atoms with E-state index < -0.39 is 11.2 Å². The molecule has 0 aliphatic heterocycles. The first-order chi connectivity index (χ1) is 7.11. The van der Waals surface area contributed by atoms with Crippen molar-refractivity contribution in [3.8, 4) is 12.3 Å². The summed E-state index contributed by atoms with van der Waals surface area (Å²) in [5.74, 6) is 1.94. The van der Waals surface area contributed by atoms with E-state index in [9.17, 15) is 14.4 Å². The topological polar surface area (TPSA) is 110 Å². The number of nitrogens with two attached hydrogens (primary N) is 1. The number of rotatable bonds is 3. The average molecular weight is 208 g/mol. The van der Waals surface area contributed by atoms with Gasteiger partial charge in [-0.05, 0) is 0 Å². The lowest BCUT2D eigenvalue weighted by atomic mass is 10.4. The van der Waals surface area contributed by atoms with Crippen LogP contribution in [0.5, 0.6) is 0 Å². The first-order valence-corrected chi connectivity index (χ1v) is 3.88. The second-order valence-electron chi connectivity index (χ2n) is 2.58. The summed E-state index contributed by atoms with van der Waals surface area (Å²) in [4.78, 5) is 35.1. The van der Waals surface area contributed by atoms with Crippen LogP contribution in [0.2, 0.25) is 0 Å². The van der Waals surface area contributed by atoms with Gasteiger partial charge in [0.05, 0.1) is 6.54 Å². The zero-order valence-electron chi connectivity index (χ0n) is 7.61. The highest BCUT2D eigenvalue weighted by Crippen LogP contribution is 2.04. The summed E-state index contributed by atoms with van der Waals surface area (Å²) < 4.78 is 0.752. The Morgan fingerprint density at radius 3 is 2.80 bits per heavy atom. The lowest BCUT2D eigenvalue weighted by Gasteiger charge is -2.05. The molecule has 78 valence electrons. The van der Waals surface area contributed by atoms with Gasteiger partial charge >= 0.3 is 5.69 Å². The largest absolute Gasteiger partial charge is 0.383 e. The van der Waals surface area contributed by atoms with Gasteiger partial charge in [-0.15, -0.1) is 6.42 Å². The van der Waals surface area contributed by atoms with Crippen LogP contribution in [0.15, 0.2) is 9.59 Å². The summed E-state index contributed by atoms with van der Waals surface area (Å²) in [6.45, 7) is -0.192. The van der Waals surface area contributed by atoms with E-state index in [1.54, 1.807) is 0 Å². The summed E-state index contributed by atoms with van der Waals surface area (Å²) >= 11 is 0. The van der Waals surface area contributed by atoms with E-state index >= 15 is 0 Å². The molecule has 0 aliphatic carbocycles. The van der Waals surface area contributed by atoms with E-state index in [0.29, 0.717) is 0 Å². The van der Waals surface area contributed by atoms with Crippen LogP contribution in [0.25, 0.3) is 0 Å². The normalized spacial score (nSPS) is 9.27. The number of hydrogen-bond donors (Lipinski definition) is 3. The molecule has 0 unspecified atom stereocenters. The molecule has 4 N–H and O–H groups in total. The Balaban J connectivity index is 3.50. The van der Waals surface area contributed by atoms with E-state index in [4.69, 9.17) is 12.2 Å². The molecule has 1 aromatic rings. The number of H-pyrrole nitrogens is 1. The van der Waals surface area contributed by atoms with Gasteiger partial charge in [0, 0.05) is 0 Å². The zero-order valence-corrected chi connectivity index (χ0v) is 7.61. The fraction of sp³-hybridized carbons (Fsp3) is 0.125. The lowest BCUT2D eigenvalue weighted by Crippen LogP contribution is -2.37. The number of aromatic amines is 1. The monoisotopic (exact) mass is 208 g/mol. The minimum Gasteiger partial charge on any atom is -0.383 e.